The molecule has 2 aliphatic heterocycles. The predicted molar refractivity (Wildman–Crippen MR) is 122 cm³/mol. The van der Waals surface area contributed by atoms with Crippen LogP contribution in [0.4, 0.5) is 4.79 Å². The number of urea groups is 1. The number of fused-ring (bicyclic) bond motifs is 4. The molecule has 6 heteroatoms. The molecule has 1 atom stereocenters. The molecule has 2 N–H and O–H groups in total. The number of nitrogens with one attached hydrogen (secondary N) is 2. The molecule has 2 amide bonds. The maximum absolute atomic E-state index is 13.4. The van der Waals surface area contributed by atoms with Gasteiger partial charge in [0.1, 0.15) is 0 Å². The summed E-state index contributed by atoms with van der Waals surface area (Å²) in [6.07, 6.45) is 0.805. The van der Waals surface area contributed by atoms with Crippen molar-refractivity contribution in [1.29, 1.82) is 0 Å². The molecule has 32 heavy (non-hydrogen) atoms. The Morgan fingerprint density at radius 3 is 2.72 bits per heavy atom. The number of amides is 2. The average molecular weight is 425 g/mol. The van der Waals surface area contributed by atoms with Crippen LogP contribution < -0.4 is 14.8 Å². The Hall–Kier alpha value is -3.93. The van der Waals surface area contributed by atoms with Crippen LogP contribution in [-0.2, 0) is 13.0 Å². The van der Waals surface area contributed by atoms with E-state index in [0.29, 0.717) is 13.1 Å². The maximum atomic E-state index is 13.4. The number of benzene rings is 3. The van der Waals surface area contributed by atoms with E-state index in [4.69, 9.17) is 9.47 Å². The summed E-state index contributed by atoms with van der Waals surface area (Å²) in [5, 5.41) is 4.32. The van der Waals surface area contributed by atoms with Gasteiger partial charge in [0.25, 0.3) is 0 Å². The summed E-state index contributed by atoms with van der Waals surface area (Å²) in [5.41, 5.74) is 5.50. The van der Waals surface area contributed by atoms with Gasteiger partial charge in [0.2, 0.25) is 6.79 Å². The lowest BCUT2D eigenvalue weighted by molar-refractivity contribution is 0.173. The van der Waals surface area contributed by atoms with Gasteiger partial charge in [-0.1, -0.05) is 54.6 Å². The molecule has 4 aromatic rings. The van der Waals surface area contributed by atoms with E-state index in [9.17, 15) is 4.79 Å². The predicted octanol–water partition coefficient (Wildman–Crippen LogP) is 4.75. The van der Waals surface area contributed by atoms with E-state index in [1.807, 2.05) is 59.5 Å². The van der Waals surface area contributed by atoms with Crippen LogP contribution in [0, 0.1) is 0 Å². The Bertz CT molecular complexity index is 1300. The third kappa shape index (κ3) is 3.15. The number of nitrogens with zero attached hydrogens (tertiary/aromatic N) is 1. The number of rotatable bonds is 3. The molecule has 0 saturated carbocycles. The van der Waals surface area contributed by atoms with Crippen molar-refractivity contribution < 1.29 is 14.3 Å². The van der Waals surface area contributed by atoms with Crippen molar-refractivity contribution in [3.63, 3.8) is 0 Å². The summed E-state index contributed by atoms with van der Waals surface area (Å²) in [5.74, 6) is 1.46. The fraction of sp³-hybridized carbons (Fsp3) is 0.192. The Morgan fingerprint density at radius 1 is 1.00 bits per heavy atom. The topological polar surface area (TPSA) is 66.6 Å². The van der Waals surface area contributed by atoms with Crippen LogP contribution in [-0.4, -0.2) is 29.3 Å². The first-order chi connectivity index (χ1) is 15.8. The molecule has 6 rings (SSSR count). The molecule has 3 heterocycles. The number of aromatic amines is 1. The number of carbonyl (C=O) groups is 1. The number of hydrogen-bond acceptors (Lipinski definition) is 3. The second-order valence-electron chi connectivity index (χ2n) is 8.17. The number of carbonyl (C=O) groups excluding carboxylic acids is 1. The molecule has 0 radical (unpaired) electrons. The molecule has 1 unspecified atom stereocenters. The van der Waals surface area contributed by atoms with Gasteiger partial charge in [-0.2, -0.15) is 0 Å². The van der Waals surface area contributed by atoms with Gasteiger partial charge in [0.15, 0.2) is 11.5 Å². The van der Waals surface area contributed by atoms with Crippen LogP contribution in [0.15, 0.2) is 72.8 Å². The Labute approximate surface area is 185 Å². The van der Waals surface area contributed by atoms with Crippen LogP contribution in [0.5, 0.6) is 11.5 Å². The molecule has 1 aromatic heterocycles. The first-order valence-electron chi connectivity index (χ1n) is 10.9. The zero-order chi connectivity index (χ0) is 21.5. The van der Waals surface area contributed by atoms with E-state index in [0.717, 1.165) is 40.3 Å². The molecular weight excluding hydrogens is 402 g/mol. The number of aromatic nitrogens is 1. The summed E-state index contributed by atoms with van der Waals surface area (Å²) >= 11 is 0. The highest BCUT2D eigenvalue weighted by atomic mass is 16.7. The third-order valence-electron chi connectivity index (χ3n) is 6.29. The van der Waals surface area contributed by atoms with Crippen molar-refractivity contribution in [3.05, 3.63) is 95.2 Å². The highest BCUT2D eigenvalue weighted by molar-refractivity contribution is 5.86. The summed E-state index contributed by atoms with van der Waals surface area (Å²) in [4.78, 5) is 18.9. The quantitative estimate of drug-likeness (QED) is 0.498. The van der Waals surface area contributed by atoms with Gasteiger partial charge < -0.3 is 24.7 Å². The summed E-state index contributed by atoms with van der Waals surface area (Å²) in [6.45, 7) is 1.35. The normalized spacial score (nSPS) is 16.8. The highest BCUT2D eigenvalue weighted by Crippen LogP contribution is 2.42. The molecular formula is C26H23N3O3. The van der Waals surface area contributed by atoms with Crippen molar-refractivity contribution in [3.8, 4) is 11.5 Å². The average Bonchev–Trinajstić information content (AvgIpc) is 3.46. The van der Waals surface area contributed by atoms with E-state index in [-0.39, 0.29) is 18.9 Å². The monoisotopic (exact) mass is 425 g/mol. The lowest BCUT2D eigenvalue weighted by atomic mass is 9.92. The van der Waals surface area contributed by atoms with Gasteiger partial charge in [-0.05, 0) is 41.3 Å². The SMILES string of the molecule is O=C(NCc1ccccc1)N1CCc2c([nH]c3ccccc23)C1c1ccc2c(c1)OCO2. The minimum Gasteiger partial charge on any atom is -0.454 e. The van der Waals surface area contributed by atoms with Crippen molar-refractivity contribution in [2.45, 2.75) is 19.0 Å². The van der Waals surface area contributed by atoms with Gasteiger partial charge in [-0.15, -0.1) is 0 Å². The van der Waals surface area contributed by atoms with Crippen LogP contribution in [0.3, 0.4) is 0 Å². The fourth-order valence-corrected chi connectivity index (χ4v) is 4.76. The second-order valence-corrected chi connectivity index (χ2v) is 8.17. The minimum atomic E-state index is -0.239. The number of ether oxygens (including phenoxy) is 2. The number of para-hydroxylation sites is 1. The van der Waals surface area contributed by atoms with Crippen LogP contribution in [0.25, 0.3) is 10.9 Å². The molecule has 0 saturated heterocycles. The van der Waals surface area contributed by atoms with E-state index in [1.54, 1.807) is 0 Å². The first kappa shape index (κ1) is 18.8. The van der Waals surface area contributed by atoms with Crippen molar-refractivity contribution in [2.24, 2.45) is 0 Å². The Balaban J connectivity index is 1.39. The molecule has 0 aliphatic carbocycles. The molecule has 0 fully saturated rings. The van der Waals surface area contributed by atoms with E-state index in [1.165, 1.54) is 10.9 Å². The second kappa shape index (κ2) is 7.64. The van der Waals surface area contributed by atoms with E-state index in [2.05, 4.69) is 28.5 Å². The Kier molecular flexibility index (Phi) is 4.49. The van der Waals surface area contributed by atoms with Gasteiger partial charge >= 0.3 is 6.03 Å². The molecule has 0 spiro atoms. The molecule has 3 aromatic carbocycles. The van der Waals surface area contributed by atoms with Gasteiger partial charge in [0, 0.05) is 29.7 Å². The van der Waals surface area contributed by atoms with E-state index < -0.39 is 0 Å². The zero-order valence-corrected chi connectivity index (χ0v) is 17.5. The minimum absolute atomic E-state index is 0.0826. The standard InChI is InChI=1S/C26H23N3O3/c30-26(27-15-17-6-2-1-3-7-17)29-13-12-20-19-8-4-5-9-21(19)28-24(20)25(29)18-10-11-22-23(14-18)32-16-31-22/h1-11,14,25,28H,12-13,15-16H2,(H,27,30). The molecule has 160 valence electrons. The van der Waals surface area contributed by atoms with Crippen LogP contribution >= 0.6 is 0 Å². The van der Waals surface area contributed by atoms with Gasteiger partial charge in [-0.25, -0.2) is 4.79 Å². The van der Waals surface area contributed by atoms with Crippen molar-refractivity contribution >= 4 is 16.9 Å². The lowest BCUT2D eigenvalue weighted by Gasteiger charge is -2.36. The van der Waals surface area contributed by atoms with Gasteiger partial charge in [-0.3, -0.25) is 0 Å². The zero-order valence-electron chi connectivity index (χ0n) is 17.5. The van der Waals surface area contributed by atoms with Crippen LogP contribution in [0.2, 0.25) is 0 Å². The molecule has 6 nitrogen and oxygen atoms in total. The fourth-order valence-electron chi connectivity index (χ4n) is 4.76. The first-order valence-corrected chi connectivity index (χ1v) is 10.9. The van der Waals surface area contributed by atoms with Crippen molar-refractivity contribution in [1.82, 2.24) is 15.2 Å². The third-order valence-corrected chi connectivity index (χ3v) is 6.29. The molecule has 0 bridgehead atoms. The lowest BCUT2D eigenvalue weighted by Crippen LogP contribution is -2.45. The highest BCUT2D eigenvalue weighted by Gasteiger charge is 2.35. The smallest absolute Gasteiger partial charge is 0.318 e. The summed E-state index contributed by atoms with van der Waals surface area (Å²) in [7, 11) is 0. The van der Waals surface area contributed by atoms with E-state index >= 15 is 0 Å². The summed E-state index contributed by atoms with van der Waals surface area (Å²) in [6, 6.07) is 23.9. The molecule has 2 aliphatic rings. The van der Waals surface area contributed by atoms with Gasteiger partial charge in [0.05, 0.1) is 6.04 Å². The number of hydrogen-bond donors (Lipinski definition) is 2. The maximum Gasteiger partial charge on any atom is 0.318 e. The summed E-state index contributed by atoms with van der Waals surface area (Å²) < 4.78 is 11.1. The Morgan fingerprint density at radius 2 is 1.81 bits per heavy atom. The van der Waals surface area contributed by atoms with Crippen molar-refractivity contribution in [2.75, 3.05) is 13.3 Å². The number of H-pyrrole nitrogens is 1. The largest absolute Gasteiger partial charge is 0.454 e. The van der Waals surface area contributed by atoms with Crippen LogP contribution in [0.1, 0.15) is 28.4 Å².